The summed E-state index contributed by atoms with van der Waals surface area (Å²) in [5.74, 6) is 2.67. The average molecular weight is 268 g/mol. The first-order valence-corrected chi connectivity index (χ1v) is 8.88. The first-order valence-electron chi connectivity index (χ1n) is 7.73. The third-order valence-electron chi connectivity index (χ3n) is 5.15. The van der Waals surface area contributed by atoms with Crippen LogP contribution in [0.5, 0.6) is 0 Å². The molecule has 104 valence electrons. The Morgan fingerprint density at radius 1 is 1.11 bits per heavy atom. The lowest BCUT2D eigenvalue weighted by atomic mass is 9.81. The lowest BCUT2D eigenvalue weighted by molar-refractivity contribution is 0.158. The zero-order valence-electron chi connectivity index (χ0n) is 12.0. The van der Waals surface area contributed by atoms with Gasteiger partial charge in [0, 0.05) is 23.9 Å². The Hall–Kier alpha value is 0.270. The predicted molar refractivity (Wildman–Crippen MR) is 80.3 cm³/mol. The molecule has 0 aromatic rings. The van der Waals surface area contributed by atoms with Gasteiger partial charge in [-0.2, -0.15) is 11.8 Å². The molecule has 0 bridgehead atoms. The highest BCUT2D eigenvalue weighted by Crippen LogP contribution is 2.35. The fourth-order valence-electron chi connectivity index (χ4n) is 3.37. The van der Waals surface area contributed by atoms with Gasteiger partial charge in [-0.1, -0.05) is 13.8 Å². The van der Waals surface area contributed by atoms with Crippen molar-refractivity contribution in [3.63, 3.8) is 0 Å². The highest BCUT2D eigenvalue weighted by molar-refractivity contribution is 7.99. The number of rotatable bonds is 3. The van der Waals surface area contributed by atoms with Gasteiger partial charge in [-0.15, -0.1) is 0 Å². The third kappa shape index (κ3) is 3.05. The topological polar surface area (TPSA) is 15.3 Å². The molecule has 3 heteroatoms. The zero-order valence-corrected chi connectivity index (χ0v) is 12.8. The predicted octanol–water partition coefficient (Wildman–Crippen LogP) is 2.73. The number of nitrogens with zero attached hydrogens (tertiary/aromatic N) is 1. The zero-order chi connectivity index (χ0) is 12.6. The number of nitrogens with one attached hydrogen (secondary N) is 1. The van der Waals surface area contributed by atoms with Gasteiger partial charge < -0.3 is 10.2 Å². The van der Waals surface area contributed by atoms with E-state index in [-0.39, 0.29) is 0 Å². The van der Waals surface area contributed by atoms with Crippen LogP contribution in [0.15, 0.2) is 0 Å². The smallest absolute Gasteiger partial charge is 0.0212 e. The van der Waals surface area contributed by atoms with Crippen molar-refractivity contribution in [2.75, 3.05) is 24.6 Å². The second kappa shape index (κ2) is 5.34. The highest BCUT2D eigenvalue weighted by atomic mass is 32.2. The lowest BCUT2D eigenvalue weighted by Crippen LogP contribution is -2.53. The third-order valence-corrected chi connectivity index (χ3v) is 6.21. The van der Waals surface area contributed by atoms with Crippen LogP contribution < -0.4 is 5.32 Å². The molecular formula is C15H28N2S. The van der Waals surface area contributed by atoms with Crippen LogP contribution in [0, 0.1) is 5.41 Å². The maximum atomic E-state index is 3.98. The van der Waals surface area contributed by atoms with Crippen molar-refractivity contribution in [3.05, 3.63) is 0 Å². The van der Waals surface area contributed by atoms with Crippen molar-refractivity contribution in [1.82, 2.24) is 10.2 Å². The molecule has 1 unspecified atom stereocenters. The number of hydrogen-bond acceptors (Lipinski definition) is 3. The highest BCUT2D eigenvalue weighted by Gasteiger charge is 2.36. The van der Waals surface area contributed by atoms with Crippen LogP contribution in [0.25, 0.3) is 0 Å². The Morgan fingerprint density at radius 3 is 2.44 bits per heavy atom. The fourth-order valence-corrected chi connectivity index (χ4v) is 4.99. The van der Waals surface area contributed by atoms with Gasteiger partial charge in [0.15, 0.2) is 0 Å². The van der Waals surface area contributed by atoms with Gasteiger partial charge in [-0.05, 0) is 56.4 Å². The minimum absolute atomic E-state index is 0.499. The van der Waals surface area contributed by atoms with Crippen molar-refractivity contribution >= 4 is 11.8 Å². The number of piperidine rings is 1. The first kappa shape index (κ1) is 13.3. The largest absolute Gasteiger partial charge is 0.310 e. The van der Waals surface area contributed by atoms with E-state index in [4.69, 9.17) is 0 Å². The fraction of sp³-hybridized carbons (Fsp3) is 1.00. The molecular weight excluding hydrogens is 240 g/mol. The van der Waals surface area contributed by atoms with Crippen molar-refractivity contribution in [1.29, 1.82) is 0 Å². The Bertz CT molecular complexity index is 280. The normalized spacial score (nSPS) is 34.7. The molecule has 0 spiro atoms. The van der Waals surface area contributed by atoms with E-state index in [0.29, 0.717) is 5.41 Å². The van der Waals surface area contributed by atoms with Gasteiger partial charge >= 0.3 is 0 Å². The van der Waals surface area contributed by atoms with Crippen LogP contribution >= 0.6 is 11.8 Å². The van der Waals surface area contributed by atoms with E-state index >= 15 is 0 Å². The summed E-state index contributed by atoms with van der Waals surface area (Å²) >= 11 is 2.14. The summed E-state index contributed by atoms with van der Waals surface area (Å²) in [7, 11) is 0. The quantitative estimate of drug-likeness (QED) is 0.847. The van der Waals surface area contributed by atoms with Crippen LogP contribution in [0.3, 0.4) is 0 Å². The minimum atomic E-state index is 0.499. The molecule has 0 radical (unpaired) electrons. The lowest BCUT2D eigenvalue weighted by Gasteiger charge is -2.42. The molecule has 0 aromatic carbocycles. The Morgan fingerprint density at radius 2 is 1.83 bits per heavy atom. The molecule has 2 nitrogen and oxygen atoms in total. The summed E-state index contributed by atoms with van der Waals surface area (Å²) < 4.78 is 0. The summed E-state index contributed by atoms with van der Waals surface area (Å²) in [6, 6.07) is 2.48. The van der Waals surface area contributed by atoms with E-state index in [1.54, 1.807) is 0 Å². The second-order valence-electron chi connectivity index (χ2n) is 7.07. The van der Waals surface area contributed by atoms with Crippen molar-refractivity contribution in [3.8, 4) is 0 Å². The molecule has 3 aliphatic rings. The van der Waals surface area contributed by atoms with Gasteiger partial charge in [0.2, 0.25) is 0 Å². The standard InChI is InChI=1S/C15H28N2S/c1-15(2)7-10-18-11-14(15)16-12-5-8-17(9-6-12)13-3-4-13/h12-14,16H,3-11H2,1-2H3. The van der Waals surface area contributed by atoms with Crippen LogP contribution in [0.4, 0.5) is 0 Å². The van der Waals surface area contributed by atoms with E-state index in [1.165, 1.54) is 56.7 Å². The van der Waals surface area contributed by atoms with Gasteiger partial charge in [-0.3, -0.25) is 0 Å². The summed E-state index contributed by atoms with van der Waals surface area (Å²) in [5.41, 5.74) is 0.499. The minimum Gasteiger partial charge on any atom is -0.310 e. The van der Waals surface area contributed by atoms with E-state index in [0.717, 1.165) is 18.1 Å². The van der Waals surface area contributed by atoms with Crippen LogP contribution in [-0.4, -0.2) is 47.6 Å². The molecule has 2 heterocycles. The van der Waals surface area contributed by atoms with Crippen molar-refractivity contribution in [2.24, 2.45) is 5.41 Å². The molecule has 18 heavy (non-hydrogen) atoms. The SMILES string of the molecule is CC1(C)CCSCC1NC1CCN(C2CC2)CC1. The summed E-state index contributed by atoms with van der Waals surface area (Å²) in [6.45, 7) is 7.57. The van der Waals surface area contributed by atoms with E-state index in [2.05, 4.69) is 35.8 Å². The first-order chi connectivity index (χ1) is 8.65. The van der Waals surface area contributed by atoms with Gasteiger partial charge in [0.1, 0.15) is 0 Å². The van der Waals surface area contributed by atoms with E-state index < -0.39 is 0 Å². The molecule has 1 N–H and O–H groups in total. The van der Waals surface area contributed by atoms with Gasteiger partial charge in [-0.25, -0.2) is 0 Å². The number of hydrogen-bond donors (Lipinski definition) is 1. The maximum absolute atomic E-state index is 3.98. The molecule has 3 fully saturated rings. The molecule has 2 aliphatic heterocycles. The van der Waals surface area contributed by atoms with Crippen LogP contribution in [0.1, 0.15) is 46.0 Å². The molecule has 1 saturated carbocycles. The Balaban J connectivity index is 1.47. The molecule has 3 rings (SSSR count). The Kier molecular flexibility index (Phi) is 3.93. The van der Waals surface area contributed by atoms with Crippen LogP contribution in [0.2, 0.25) is 0 Å². The monoisotopic (exact) mass is 268 g/mol. The van der Waals surface area contributed by atoms with Gasteiger partial charge in [0.05, 0.1) is 0 Å². The molecule has 2 saturated heterocycles. The number of thioether (sulfide) groups is 1. The summed E-state index contributed by atoms with van der Waals surface area (Å²) in [5, 5.41) is 3.98. The Labute approximate surface area is 116 Å². The number of likely N-dealkylation sites (tertiary alicyclic amines) is 1. The molecule has 0 amide bonds. The summed E-state index contributed by atoms with van der Waals surface area (Å²) in [6.07, 6.45) is 7.03. The average Bonchev–Trinajstić information content (AvgIpc) is 3.17. The van der Waals surface area contributed by atoms with E-state index in [9.17, 15) is 0 Å². The second-order valence-corrected chi connectivity index (χ2v) is 8.22. The maximum Gasteiger partial charge on any atom is 0.0212 e. The van der Waals surface area contributed by atoms with Crippen LogP contribution in [-0.2, 0) is 0 Å². The van der Waals surface area contributed by atoms with Crippen molar-refractivity contribution in [2.45, 2.75) is 64.1 Å². The molecule has 1 aliphatic carbocycles. The van der Waals surface area contributed by atoms with Gasteiger partial charge in [0.25, 0.3) is 0 Å². The van der Waals surface area contributed by atoms with E-state index in [1.807, 2.05) is 0 Å². The molecule has 1 atom stereocenters. The van der Waals surface area contributed by atoms with Crippen molar-refractivity contribution < 1.29 is 0 Å². The molecule has 0 aromatic heterocycles. The summed E-state index contributed by atoms with van der Waals surface area (Å²) in [4.78, 5) is 2.72.